The van der Waals surface area contributed by atoms with Gasteiger partial charge in [0, 0.05) is 31.1 Å². The predicted octanol–water partition coefficient (Wildman–Crippen LogP) is -2.39. The molecule has 0 heterocycles. The molecule has 0 aromatic carbocycles. The topological polar surface area (TPSA) is 219 Å². The second-order valence-corrected chi connectivity index (χ2v) is 8.08. The van der Waals surface area contributed by atoms with Crippen LogP contribution in [-0.2, 0) is 29.8 Å². The Labute approximate surface area is 150 Å². The molecule has 0 saturated carbocycles. The Morgan fingerprint density at radius 1 is 0.962 bits per heavy atom. The van der Waals surface area contributed by atoms with Crippen LogP contribution in [-0.4, -0.2) is 93.4 Å². The molecule has 0 radical (unpaired) electrons. The van der Waals surface area contributed by atoms with E-state index in [-0.39, 0.29) is 39.3 Å². The van der Waals surface area contributed by atoms with Gasteiger partial charge in [0.2, 0.25) is 11.8 Å². The third kappa shape index (κ3) is 15.6. The van der Waals surface area contributed by atoms with Crippen LogP contribution in [0.5, 0.6) is 0 Å². The largest absolute Gasteiger partial charge is 0.354 e. The van der Waals surface area contributed by atoms with Crippen molar-refractivity contribution in [3.8, 4) is 0 Å². The van der Waals surface area contributed by atoms with Gasteiger partial charge in [0.25, 0.3) is 20.2 Å². The van der Waals surface area contributed by atoms with E-state index in [1.165, 1.54) is 4.90 Å². The summed E-state index contributed by atoms with van der Waals surface area (Å²) in [6.07, 6.45) is 0. The van der Waals surface area contributed by atoms with Gasteiger partial charge in [-0.2, -0.15) is 16.8 Å². The van der Waals surface area contributed by atoms with Crippen molar-refractivity contribution < 1.29 is 35.5 Å². The minimum atomic E-state index is -4.22. The Morgan fingerprint density at radius 3 is 1.73 bits per heavy atom. The summed E-state index contributed by atoms with van der Waals surface area (Å²) in [4.78, 5) is 27.3. The van der Waals surface area contributed by atoms with Crippen molar-refractivity contribution in [3.05, 3.63) is 10.4 Å². The van der Waals surface area contributed by atoms with Crippen LogP contribution in [0.3, 0.4) is 0 Å². The van der Waals surface area contributed by atoms with Crippen molar-refractivity contribution in [2.24, 2.45) is 5.11 Å². The number of hydrogen-bond acceptors (Lipinski definition) is 8. The molecule has 150 valence electrons. The van der Waals surface area contributed by atoms with Gasteiger partial charge in [0.05, 0.1) is 24.6 Å². The molecule has 0 saturated heterocycles. The molecule has 16 heteroatoms. The van der Waals surface area contributed by atoms with Crippen molar-refractivity contribution >= 4 is 32.1 Å². The van der Waals surface area contributed by atoms with Crippen molar-refractivity contribution in [1.29, 1.82) is 0 Å². The zero-order valence-electron chi connectivity index (χ0n) is 13.6. The smallest absolute Gasteiger partial charge is 0.266 e. The fourth-order valence-corrected chi connectivity index (χ4v) is 2.32. The summed E-state index contributed by atoms with van der Waals surface area (Å²) in [5.74, 6) is -2.62. The number of carbonyl (C=O) groups is 2. The fraction of sp³-hybridized carbons (Fsp3) is 0.800. The maximum Gasteiger partial charge on any atom is 0.266 e. The van der Waals surface area contributed by atoms with E-state index < -0.39 is 43.6 Å². The molecule has 0 bridgehead atoms. The molecule has 0 aromatic rings. The lowest BCUT2D eigenvalue weighted by molar-refractivity contribution is -0.124. The first kappa shape index (κ1) is 24.0. The van der Waals surface area contributed by atoms with Crippen LogP contribution in [0, 0.1) is 0 Å². The summed E-state index contributed by atoms with van der Waals surface area (Å²) >= 11 is 0. The number of rotatable bonds is 13. The van der Waals surface area contributed by atoms with Gasteiger partial charge >= 0.3 is 0 Å². The lowest BCUT2D eigenvalue weighted by Crippen LogP contribution is -2.45. The lowest BCUT2D eigenvalue weighted by atomic mass is 10.4. The Bertz CT molecular complexity index is 679. The van der Waals surface area contributed by atoms with Gasteiger partial charge in [-0.05, 0) is 5.53 Å². The van der Waals surface area contributed by atoms with E-state index in [2.05, 4.69) is 20.7 Å². The van der Waals surface area contributed by atoms with Gasteiger partial charge in [-0.1, -0.05) is 5.11 Å². The molecule has 0 spiro atoms. The second-order valence-electron chi connectivity index (χ2n) is 4.94. The molecule has 26 heavy (non-hydrogen) atoms. The van der Waals surface area contributed by atoms with E-state index in [1.807, 2.05) is 0 Å². The standard InChI is InChI=1S/C10H20N6O8S2/c11-15-14-1-4-16(7-9(17)12-2-5-25(19,20)21)8-10(18)13-3-6-26(22,23)24/h1-8H2,(H,12,17)(H,13,18)(H,19,20,21)(H,22,23,24). The van der Waals surface area contributed by atoms with Crippen LogP contribution in [0.4, 0.5) is 0 Å². The first-order chi connectivity index (χ1) is 11.9. The Morgan fingerprint density at radius 2 is 1.38 bits per heavy atom. The van der Waals surface area contributed by atoms with Gasteiger partial charge in [-0.3, -0.25) is 23.6 Å². The van der Waals surface area contributed by atoms with Gasteiger partial charge in [0.1, 0.15) is 0 Å². The maximum atomic E-state index is 11.7. The molecule has 0 unspecified atom stereocenters. The van der Waals surface area contributed by atoms with Crippen molar-refractivity contribution in [2.75, 3.05) is 50.8 Å². The SMILES string of the molecule is [N-]=[N+]=NCCN(CC(=O)NCCS(=O)(=O)O)CC(=O)NCCS(=O)(=O)O. The maximum absolute atomic E-state index is 11.7. The quantitative estimate of drug-likeness (QED) is 0.109. The molecule has 0 atom stereocenters. The molecule has 0 aliphatic carbocycles. The number of nitrogens with zero attached hydrogens (tertiary/aromatic N) is 4. The van der Waals surface area contributed by atoms with E-state index in [4.69, 9.17) is 14.6 Å². The molecule has 14 nitrogen and oxygen atoms in total. The molecule has 4 N–H and O–H groups in total. The van der Waals surface area contributed by atoms with E-state index >= 15 is 0 Å². The zero-order valence-corrected chi connectivity index (χ0v) is 15.2. The second kappa shape index (κ2) is 11.6. The predicted molar refractivity (Wildman–Crippen MR) is 89.3 cm³/mol. The molecule has 0 aromatic heterocycles. The first-order valence-corrected chi connectivity index (χ1v) is 10.3. The summed E-state index contributed by atoms with van der Waals surface area (Å²) in [7, 11) is -8.45. The minimum absolute atomic E-state index is 0.0293. The molecule has 0 aliphatic rings. The highest BCUT2D eigenvalue weighted by Crippen LogP contribution is 1.91. The number of hydrogen-bond donors (Lipinski definition) is 4. The van der Waals surface area contributed by atoms with Crippen LogP contribution >= 0.6 is 0 Å². The van der Waals surface area contributed by atoms with E-state index in [0.29, 0.717) is 0 Å². The van der Waals surface area contributed by atoms with Crippen LogP contribution in [0.15, 0.2) is 5.11 Å². The van der Waals surface area contributed by atoms with Crippen LogP contribution in [0.25, 0.3) is 10.4 Å². The molecule has 0 rings (SSSR count). The van der Waals surface area contributed by atoms with Gasteiger partial charge in [0.15, 0.2) is 0 Å². The Balaban J connectivity index is 4.51. The van der Waals surface area contributed by atoms with Crippen LogP contribution < -0.4 is 10.6 Å². The van der Waals surface area contributed by atoms with E-state index in [1.54, 1.807) is 0 Å². The van der Waals surface area contributed by atoms with E-state index in [9.17, 15) is 26.4 Å². The number of nitrogens with one attached hydrogen (secondary N) is 2. The summed E-state index contributed by atoms with van der Waals surface area (Å²) in [6.45, 7) is -1.35. The summed E-state index contributed by atoms with van der Waals surface area (Å²) < 4.78 is 59.4. The summed E-state index contributed by atoms with van der Waals surface area (Å²) in [5.41, 5.74) is 8.25. The van der Waals surface area contributed by atoms with Gasteiger partial charge in [-0.25, -0.2) is 0 Å². The molecule has 2 amide bonds. The molecular weight excluding hydrogens is 396 g/mol. The highest BCUT2D eigenvalue weighted by molar-refractivity contribution is 7.86. The number of azide groups is 1. The molecule has 0 fully saturated rings. The molecular formula is C10H20N6O8S2. The summed E-state index contributed by atoms with van der Waals surface area (Å²) in [6, 6.07) is 0. The monoisotopic (exact) mass is 416 g/mol. The highest BCUT2D eigenvalue weighted by atomic mass is 32.2. The first-order valence-electron chi connectivity index (χ1n) is 7.10. The number of carbonyl (C=O) groups excluding carboxylic acids is 2. The van der Waals surface area contributed by atoms with Gasteiger partial charge < -0.3 is 10.6 Å². The Kier molecular flexibility index (Phi) is 10.7. The minimum Gasteiger partial charge on any atom is -0.354 e. The number of amides is 2. The van der Waals surface area contributed by atoms with E-state index in [0.717, 1.165) is 0 Å². The normalized spacial score (nSPS) is 11.7. The van der Waals surface area contributed by atoms with Crippen molar-refractivity contribution in [2.45, 2.75) is 0 Å². The average molecular weight is 416 g/mol. The van der Waals surface area contributed by atoms with Crippen LogP contribution in [0.2, 0.25) is 0 Å². The van der Waals surface area contributed by atoms with Crippen molar-refractivity contribution in [1.82, 2.24) is 15.5 Å². The van der Waals surface area contributed by atoms with Gasteiger partial charge in [-0.15, -0.1) is 0 Å². The zero-order chi connectivity index (χ0) is 20.2. The third-order valence-electron chi connectivity index (χ3n) is 2.68. The lowest BCUT2D eigenvalue weighted by Gasteiger charge is -2.20. The Hall–Kier alpha value is -1.97. The third-order valence-corrected chi connectivity index (χ3v) is 4.12. The van der Waals surface area contributed by atoms with Crippen molar-refractivity contribution in [3.63, 3.8) is 0 Å². The summed E-state index contributed by atoms with van der Waals surface area (Å²) in [5, 5.41) is 7.72. The highest BCUT2D eigenvalue weighted by Gasteiger charge is 2.15. The van der Waals surface area contributed by atoms with Crippen LogP contribution in [0.1, 0.15) is 0 Å². The average Bonchev–Trinajstić information content (AvgIpc) is 2.44. The molecule has 0 aliphatic heterocycles. The fourth-order valence-electron chi connectivity index (χ4n) is 1.60.